The van der Waals surface area contributed by atoms with Gasteiger partial charge in [-0.3, -0.25) is 4.79 Å². The highest BCUT2D eigenvalue weighted by atomic mass is 35.5. The summed E-state index contributed by atoms with van der Waals surface area (Å²) in [7, 11) is 1.55. The molecule has 0 fully saturated rings. The quantitative estimate of drug-likeness (QED) is 0.557. The predicted octanol–water partition coefficient (Wildman–Crippen LogP) is 4.55. The molecule has 142 valence electrons. The van der Waals surface area contributed by atoms with E-state index < -0.39 is 0 Å². The molecule has 27 heavy (non-hydrogen) atoms. The van der Waals surface area contributed by atoms with E-state index in [2.05, 4.69) is 22.5 Å². The Bertz CT molecular complexity index is 939. The molecule has 0 spiro atoms. The van der Waals surface area contributed by atoms with E-state index in [1.54, 1.807) is 25.3 Å². The zero-order chi connectivity index (χ0) is 19.2. The Balaban J connectivity index is 1.83. The number of methoxy groups -OCH3 is 1. The van der Waals surface area contributed by atoms with Crippen LogP contribution in [0, 0.1) is 0 Å². The van der Waals surface area contributed by atoms with Gasteiger partial charge in [0.1, 0.15) is 12.3 Å². The van der Waals surface area contributed by atoms with Gasteiger partial charge in [0.25, 0.3) is 0 Å². The van der Waals surface area contributed by atoms with Crippen molar-refractivity contribution >= 4 is 40.2 Å². The highest BCUT2D eigenvalue weighted by molar-refractivity contribution is 6.31. The fourth-order valence-electron chi connectivity index (χ4n) is 2.86. The minimum atomic E-state index is -0.183. The third-order valence-electron chi connectivity index (χ3n) is 4.21. The second kappa shape index (κ2) is 8.77. The van der Waals surface area contributed by atoms with Crippen LogP contribution in [-0.4, -0.2) is 29.1 Å². The fraction of sp³-hybridized carbons (Fsp3) is 0.300. The second-order valence-corrected chi connectivity index (χ2v) is 6.62. The molecule has 0 radical (unpaired) electrons. The van der Waals surface area contributed by atoms with Crippen molar-refractivity contribution in [3.63, 3.8) is 0 Å². The molecular weight excluding hydrogens is 364 g/mol. The van der Waals surface area contributed by atoms with E-state index in [1.807, 2.05) is 28.8 Å². The predicted molar refractivity (Wildman–Crippen MR) is 110 cm³/mol. The number of ether oxygens (including phenoxy) is 1. The molecule has 2 N–H and O–H groups in total. The summed E-state index contributed by atoms with van der Waals surface area (Å²) >= 11 is 6.04. The number of imidazole rings is 1. The lowest BCUT2D eigenvalue weighted by Gasteiger charge is -2.13. The van der Waals surface area contributed by atoms with Gasteiger partial charge in [-0.25, -0.2) is 4.98 Å². The van der Waals surface area contributed by atoms with E-state index in [-0.39, 0.29) is 12.5 Å². The van der Waals surface area contributed by atoms with Crippen LogP contribution in [0.1, 0.15) is 19.8 Å². The van der Waals surface area contributed by atoms with Crippen LogP contribution in [0.25, 0.3) is 11.0 Å². The number of amides is 1. The SMILES string of the molecule is CCCCNc1nc2ccccc2n1CC(=O)Nc1cc(Cl)ccc1OC. The summed E-state index contributed by atoms with van der Waals surface area (Å²) in [4.78, 5) is 17.3. The first-order chi connectivity index (χ1) is 13.1. The lowest BCUT2D eigenvalue weighted by molar-refractivity contribution is -0.116. The molecule has 6 nitrogen and oxygen atoms in total. The van der Waals surface area contributed by atoms with Crippen molar-refractivity contribution in [2.24, 2.45) is 0 Å². The number of nitrogens with zero attached hydrogens (tertiary/aromatic N) is 2. The molecule has 3 aromatic rings. The first-order valence-corrected chi connectivity index (χ1v) is 9.32. The van der Waals surface area contributed by atoms with Gasteiger partial charge < -0.3 is 19.9 Å². The van der Waals surface area contributed by atoms with Crippen LogP contribution in [0.4, 0.5) is 11.6 Å². The van der Waals surface area contributed by atoms with E-state index in [0.717, 1.165) is 30.4 Å². The lowest BCUT2D eigenvalue weighted by Crippen LogP contribution is -2.20. The highest BCUT2D eigenvalue weighted by Crippen LogP contribution is 2.28. The molecule has 7 heteroatoms. The summed E-state index contributed by atoms with van der Waals surface area (Å²) in [6.07, 6.45) is 2.12. The molecule has 0 bridgehead atoms. The number of hydrogen-bond acceptors (Lipinski definition) is 4. The normalized spacial score (nSPS) is 10.8. The van der Waals surface area contributed by atoms with Crippen molar-refractivity contribution in [1.29, 1.82) is 0 Å². The van der Waals surface area contributed by atoms with Gasteiger partial charge in [0, 0.05) is 11.6 Å². The van der Waals surface area contributed by atoms with E-state index in [4.69, 9.17) is 16.3 Å². The maximum atomic E-state index is 12.7. The largest absolute Gasteiger partial charge is 0.495 e. The molecule has 0 aliphatic carbocycles. The van der Waals surface area contributed by atoms with E-state index >= 15 is 0 Å². The monoisotopic (exact) mass is 386 g/mol. The van der Waals surface area contributed by atoms with Crippen LogP contribution in [0.3, 0.4) is 0 Å². The van der Waals surface area contributed by atoms with Crippen LogP contribution >= 0.6 is 11.6 Å². The number of carbonyl (C=O) groups excluding carboxylic acids is 1. The molecule has 0 saturated carbocycles. The van der Waals surface area contributed by atoms with Crippen molar-refractivity contribution in [2.45, 2.75) is 26.3 Å². The molecule has 0 saturated heterocycles. The van der Waals surface area contributed by atoms with Crippen molar-refractivity contribution in [1.82, 2.24) is 9.55 Å². The van der Waals surface area contributed by atoms with Crippen LogP contribution in [-0.2, 0) is 11.3 Å². The summed E-state index contributed by atoms with van der Waals surface area (Å²) in [5.41, 5.74) is 2.30. The van der Waals surface area contributed by atoms with E-state index in [1.165, 1.54) is 0 Å². The molecular formula is C20H23ClN4O2. The third kappa shape index (κ3) is 4.52. The highest BCUT2D eigenvalue weighted by Gasteiger charge is 2.15. The standard InChI is InChI=1S/C20H23ClN4O2/c1-3-4-11-22-20-24-15-7-5-6-8-17(15)25(20)13-19(26)23-16-12-14(21)9-10-18(16)27-2/h5-10,12H,3-4,11,13H2,1-2H3,(H,22,24)(H,23,26). The molecule has 1 heterocycles. The van der Waals surface area contributed by atoms with E-state index in [0.29, 0.717) is 22.4 Å². The number of carbonyl (C=O) groups is 1. The Morgan fingerprint density at radius 2 is 2.07 bits per heavy atom. The van der Waals surface area contributed by atoms with Crippen LogP contribution in [0.5, 0.6) is 5.75 Å². The van der Waals surface area contributed by atoms with Gasteiger partial charge in [0.2, 0.25) is 11.9 Å². The molecule has 0 unspecified atom stereocenters. The van der Waals surface area contributed by atoms with Gasteiger partial charge in [-0.05, 0) is 36.8 Å². The zero-order valence-electron chi connectivity index (χ0n) is 15.5. The summed E-state index contributed by atoms with van der Waals surface area (Å²) in [6, 6.07) is 12.9. The number of aromatic nitrogens is 2. The Kier molecular flexibility index (Phi) is 6.19. The second-order valence-electron chi connectivity index (χ2n) is 6.18. The molecule has 0 atom stereocenters. The Labute approximate surface area is 163 Å². The van der Waals surface area contributed by atoms with Crippen LogP contribution in [0.2, 0.25) is 5.02 Å². The van der Waals surface area contributed by atoms with Gasteiger partial charge in [-0.15, -0.1) is 0 Å². The topological polar surface area (TPSA) is 68.2 Å². The van der Waals surface area contributed by atoms with Gasteiger partial charge >= 0.3 is 0 Å². The van der Waals surface area contributed by atoms with Crippen LogP contribution in [0.15, 0.2) is 42.5 Å². The molecule has 3 rings (SSSR count). The maximum absolute atomic E-state index is 12.7. The molecule has 1 aromatic heterocycles. The number of fused-ring (bicyclic) bond motifs is 1. The molecule has 1 amide bonds. The van der Waals surface area contributed by atoms with Crippen molar-refractivity contribution in [3.05, 3.63) is 47.5 Å². The van der Waals surface area contributed by atoms with Crippen molar-refractivity contribution < 1.29 is 9.53 Å². The fourth-order valence-corrected chi connectivity index (χ4v) is 3.03. The molecule has 2 aromatic carbocycles. The maximum Gasteiger partial charge on any atom is 0.244 e. The Hall–Kier alpha value is -2.73. The summed E-state index contributed by atoms with van der Waals surface area (Å²) in [5.74, 6) is 1.07. The Morgan fingerprint density at radius 3 is 2.85 bits per heavy atom. The third-order valence-corrected chi connectivity index (χ3v) is 4.44. The van der Waals surface area contributed by atoms with Gasteiger partial charge in [0.15, 0.2) is 0 Å². The average molecular weight is 387 g/mol. The minimum absolute atomic E-state index is 0.130. The van der Waals surface area contributed by atoms with Crippen LogP contribution < -0.4 is 15.4 Å². The molecule has 0 aliphatic rings. The number of anilines is 2. The zero-order valence-corrected chi connectivity index (χ0v) is 16.2. The number of unbranched alkanes of at least 4 members (excludes halogenated alkanes) is 1. The number of hydrogen-bond donors (Lipinski definition) is 2. The number of halogens is 1. The average Bonchev–Trinajstić information content (AvgIpc) is 3.00. The number of rotatable bonds is 8. The summed E-state index contributed by atoms with van der Waals surface area (Å²) in [6.45, 7) is 3.07. The molecule has 0 aliphatic heterocycles. The van der Waals surface area contributed by atoms with E-state index in [9.17, 15) is 4.79 Å². The minimum Gasteiger partial charge on any atom is -0.495 e. The number of nitrogens with one attached hydrogen (secondary N) is 2. The van der Waals surface area contributed by atoms with Crippen molar-refractivity contribution in [2.75, 3.05) is 24.3 Å². The number of benzene rings is 2. The van der Waals surface area contributed by atoms with Crippen molar-refractivity contribution in [3.8, 4) is 5.75 Å². The first kappa shape index (κ1) is 19.0. The lowest BCUT2D eigenvalue weighted by atomic mass is 10.3. The summed E-state index contributed by atoms with van der Waals surface area (Å²) < 4.78 is 7.18. The summed E-state index contributed by atoms with van der Waals surface area (Å²) in [5, 5.41) is 6.73. The smallest absolute Gasteiger partial charge is 0.244 e. The first-order valence-electron chi connectivity index (χ1n) is 8.95. The Morgan fingerprint density at radius 1 is 1.26 bits per heavy atom. The van der Waals surface area contributed by atoms with Gasteiger partial charge in [-0.2, -0.15) is 0 Å². The van der Waals surface area contributed by atoms with Gasteiger partial charge in [-0.1, -0.05) is 37.1 Å². The van der Waals surface area contributed by atoms with Gasteiger partial charge in [0.05, 0.1) is 23.8 Å². The number of para-hydroxylation sites is 2.